The van der Waals surface area contributed by atoms with E-state index >= 15 is 0 Å². The van der Waals surface area contributed by atoms with Crippen molar-refractivity contribution in [1.29, 1.82) is 0 Å². The predicted octanol–water partition coefficient (Wildman–Crippen LogP) is 4.95. The monoisotopic (exact) mass is 417 g/mol. The molecule has 1 aliphatic rings. The Labute approximate surface area is 175 Å². The van der Waals surface area contributed by atoms with Crippen LogP contribution in [0.4, 0.5) is 0 Å². The molecule has 3 rings (SSSR count). The smallest absolute Gasteiger partial charge is 0.235 e. The lowest BCUT2D eigenvalue weighted by Gasteiger charge is -2.33. The highest BCUT2D eigenvalue weighted by molar-refractivity contribution is 8.00. The van der Waals surface area contributed by atoms with E-state index in [0.29, 0.717) is 36.5 Å². The Balaban J connectivity index is 1.52. The van der Waals surface area contributed by atoms with Gasteiger partial charge in [0.15, 0.2) is 5.78 Å². The second-order valence-electron chi connectivity index (χ2n) is 6.91. The molecule has 1 unspecified atom stereocenters. The lowest BCUT2D eigenvalue weighted by molar-refractivity contribution is -0.131. The number of thioether (sulfide) groups is 1. The molecule has 4 nitrogen and oxygen atoms in total. The number of halogens is 1. The molecule has 0 N–H and O–H groups in total. The number of methoxy groups -OCH3 is 1. The van der Waals surface area contributed by atoms with Gasteiger partial charge < -0.3 is 9.64 Å². The summed E-state index contributed by atoms with van der Waals surface area (Å²) in [6.07, 6.45) is 1.41. The quantitative estimate of drug-likeness (QED) is 0.492. The summed E-state index contributed by atoms with van der Waals surface area (Å²) in [6.45, 7) is 3.17. The minimum atomic E-state index is -0.171. The summed E-state index contributed by atoms with van der Waals surface area (Å²) in [6, 6.07) is 14.7. The largest absolute Gasteiger partial charge is 0.497 e. The first kappa shape index (κ1) is 20.7. The van der Waals surface area contributed by atoms with E-state index in [1.165, 1.54) is 11.8 Å². The minimum absolute atomic E-state index is 0.0309. The maximum absolute atomic E-state index is 12.8. The minimum Gasteiger partial charge on any atom is -0.497 e. The number of piperidine rings is 1. The van der Waals surface area contributed by atoms with Crippen LogP contribution in [0.25, 0.3) is 0 Å². The average molecular weight is 418 g/mol. The fraction of sp³-hybridized carbons (Fsp3) is 0.364. The third kappa shape index (κ3) is 5.09. The van der Waals surface area contributed by atoms with Crippen molar-refractivity contribution in [3.8, 4) is 5.75 Å². The lowest BCUT2D eigenvalue weighted by atomic mass is 9.89. The van der Waals surface area contributed by atoms with Crippen LogP contribution >= 0.6 is 23.4 Å². The molecule has 1 saturated heterocycles. The number of benzene rings is 2. The number of carbonyl (C=O) groups excluding carboxylic acids is 2. The summed E-state index contributed by atoms with van der Waals surface area (Å²) in [5.74, 6) is 0.981. The molecule has 2 aromatic rings. The average Bonchev–Trinajstić information content (AvgIpc) is 2.74. The van der Waals surface area contributed by atoms with Gasteiger partial charge in [-0.3, -0.25) is 9.59 Å². The van der Waals surface area contributed by atoms with Crippen LogP contribution in [0, 0.1) is 5.92 Å². The maximum Gasteiger partial charge on any atom is 0.235 e. The highest BCUT2D eigenvalue weighted by Crippen LogP contribution is 2.28. The van der Waals surface area contributed by atoms with Gasteiger partial charge in [0, 0.05) is 34.5 Å². The Bertz CT molecular complexity index is 815. The van der Waals surface area contributed by atoms with E-state index in [0.717, 1.165) is 10.6 Å². The predicted molar refractivity (Wildman–Crippen MR) is 113 cm³/mol. The van der Waals surface area contributed by atoms with E-state index in [-0.39, 0.29) is 22.9 Å². The van der Waals surface area contributed by atoms with E-state index in [4.69, 9.17) is 16.3 Å². The van der Waals surface area contributed by atoms with Crippen molar-refractivity contribution >= 4 is 35.1 Å². The number of nitrogens with zero attached hydrogens (tertiary/aromatic N) is 1. The van der Waals surface area contributed by atoms with E-state index < -0.39 is 0 Å². The van der Waals surface area contributed by atoms with Gasteiger partial charge >= 0.3 is 0 Å². The lowest BCUT2D eigenvalue weighted by Crippen LogP contribution is -2.43. The topological polar surface area (TPSA) is 46.6 Å². The molecule has 1 amide bonds. The highest BCUT2D eigenvalue weighted by atomic mass is 35.5. The first-order valence-electron chi connectivity index (χ1n) is 9.37. The number of carbonyl (C=O) groups is 2. The molecular formula is C22H24ClNO3S. The molecule has 1 aliphatic heterocycles. The summed E-state index contributed by atoms with van der Waals surface area (Å²) < 4.78 is 5.14. The molecular weight excluding hydrogens is 394 g/mol. The number of hydrogen-bond donors (Lipinski definition) is 0. The molecule has 0 aromatic heterocycles. The summed E-state index contributed by atoms with van der Waals surface area (Å²) >= 11 is 7.45. The van der Waals surface area contributed by atoms with Gasteiger partial charge in [-0.15, -0.1) is 11.8 Å². The van der Waals surface area contributed by atoms with Gasteiger partial charge in [0.25, 0.3) is 0 Å². The number of ether oxygens (including phenoxy) is 1. The van der Waals surface area contributed by atoms with Crippen molar-refractivity contribution in [2.75, 3.05) is 20.2 Å². The van der Waals surface area contributed by atoms with Crippen molar-refractivity contribution < 1.29 is 14.3 Å². The number of amides is 1. The molecule has 1 fully saturated rings. The number of rotatable bonds is 6. The van der Waals surface area contributed by atoms with Crippen LogP contribution in [0.2, 0.25) is 5.02 Å². The van der Waals surface area contributed by atoms with Crippen LogP contribution in [0.15, 0.2) is 53.4 Å². The van der Waals surface area contributed by atoms with Crippen molar-refractivity contribution in [2.45, 2.75) is 29.9 Å². The third-order valence-electron chi connectivity index (χ3n) is 5.03. The van der Waals surface area contributed by atoms with E-state index in [1.54, 1.807) is 7.11 Å². The highest BCUT2D eigenvalue weighted by Gasteiger charge is 2.30. The second-order valence-corrected chi connectivity index (χ2v) is 8.76. The van der Waals surface area contributed by atoms with Crippen molar-refractivity contribution in [1.82, 2.24) is 4.90 Å². The zero-order chi connectivity index (χ0) is 20.1. The fourth-order valence-electron chi connectivity index (χ4n) is 3.38. The van der Waals surface area contributed by atoms with Gasteiger partial charge in [0.1, 0.15) is 5.75 Å². The Morgan fingerprint density at radius 2 is 1.68 bits per heavy atom. The molecule has 0 bridgehead atoms. The number of likely N-dealkylation sites (tertiary alicyclic amines) is 1. The number of ketones is 1. The summed E-state index contributed by atoms with van der Waals surface area (Å²) in [4.78, 5) is 28.4. The van der Waals surface area contributed by atoms with Crippen LogP contribution in [0.5, 0.6) is 5.75 Å². The van der Waals surface area contributed by atoms with Gasteiger partial charge in [0.05, 0.1) is 12.4 Å². The van der Waals surface area contributed by atoms with Gasteiger partial charge in [-0.1, -0.05) is 11.6 Å². The van der Waals surface area contributed by atoms with Crippen LogP contribution < -0.4 is 4.74 Å². The molecule has 1 heterocycles. The van der Waals surface area contributed by atoms with E-state index in [9.17, 15) is 9.59 Å². The maximum atomic E-state index is 12.8. The van der Waals surface area contributed by atoms with E-state index in [2.05, 4.69) is 0 Å². The molecule has 2 aromatic carbocycles. The Kier molecular flexibility index (Phi) is 7.03. The molecule has 1 atom stereocenters. The van der Waals surface area contributed by atoms with Crippen LogP contribution in [-0.4, -0.2) is 42.0 Å². The van der Waals surface area contributed by atoms with Gasteiger partial charge in [0.2, 0.25) is 5.91 Å². The Hall–Kier alpha value is -1.98. The Morgan fingerprint density at radius 1 is 1.07 bits per heavy atom. The van der Waals surface area contributed by atoms with Crippen molar-refractivity contribution in [2.24, 2.45) is 5.92 Å². The van der Waals surface area contributed by atoms with Crippen LogP contribution in [0.3, 0.4) is 0 Å². The van der Waals surface area contributed by atoms with Crippen molar-refractivity contribution in [3.63, 3.8) is 0 Å². The standard InChI is InChI=1S/C22H24ClNO3S/c1-15(28-20-9-5-18(23)6-10-20)22(26)24-13-11-17(12-14-24)21(25)16-3-7-19(27-2)8-4-16/h3-10,15,17H,11-14H2,1-2H3. The third-order valence-corrected chi connectivity index (χ3v) is 6.38. The molecule has 0 aliphatic carbocycles. The normalized spacial score (nSPS) is 15.9. The van der Waals surface area contributed by atoms with Gasteiger partial charge in [-0.05, 0) is 68.3 Å². The zero-order valence-corrected chi connectivity index (χ0v) is 17.6. The zero-order valence-electron chi connectivity index (χ0n) is 16.1. The fourth-order valence-corrected chi connectivity index (χ4v) is 4.46. The molecule has 28 heavy (non-hydrogen) atoms. The molecule has 148 valence electrons. The molecule has 0 spiro atoms. The first-order chi connectivity index (χ1) is 13.5. The summed E-state index contributed by atoms with van der Waals surface area (Å²) in [5.41, 5.74) is 0.706. The van der Waals surface area contributed by atoms with Crippen LogP contribution in [-0.2, 0) is 4.79 Å². The van der Waals surface area contributed by atoms with Crippen LogP contribution in [0.1, 0.15) is 30.1 Å². The van der Waals surface area contributed by atoms with Crippen molar-refractivity contribution in [3.05, 3.63) is 59.1 Å². The summed E-state index contributed by atoms with van der Waals surface area (Å²) in [7, 11) is 1.61. The first-order valence-corrected chi connectivity index (χ1v) is 10.6. The molecule has 0 saturated carbocycles. The Morgan fingerprint density at radius 3 is 2.25 bits per heavy atom. The number of hydrogen-bond acceptors (Lipinski definition) is 4. The summed E-state index contributed by atoms with van der Waals surface area (Å²) in [5, 5.41) is 0.516. The van der Waals surface area contributed by atoms with E-state index in [1.807, 2.05) is 60.4 Å². The molecule has 6 heteroatoms. The van der Waals surface area contributed by atoms with Gasteiger partial charge in [-0.2, -0.15) is 0 Å². The number of Topliss-reactive ketones (excluding diaryl/α,β-unsaturated/α-hetero) is 1. The molecule has 0 radical (unpaired) electrons. The second kappa shape index (κ2) is 9.48. The SMILES string of the molecule is COc1ccc(C(=O)C2CCN(C(=O)C(C)Sc3ccc(Cl)cc3)CC2)cc1. The van der Waals surface area contributed by atoms with Gasteiger partial charge in [-0.25, -0.2) is 0 Å².